The molecular formula is C23H45NO3. The van der Waals surface area contributed by atoms with Gasteiger partial charge in [-0.05, 0) is 32.1 Å². The minimum atomic E-state index is 0.0285. The highest BCUT2D eigenvalue weighted by Gasteiger charge is 2.09. The zero-order valence-corrected chi connectivity index (χ0v) is 17.8. The second-order valence-corrected chi connectivity index (χ2v) is 7.60. The van der Waals surface area contributed by atoms with Gasteiger partial charge in [0.1, 0.15) is 5.78 Å². The fraction of sp³-hybridized carbons (Fsp3) is 0.870. The number of hydrogen-bond donors (Lipinski definition) is 2. The topological polar surface area (TPSA) is 60.8 Å². The summed E-state index contributed by atoms with van der Waals surface area (Å²) < 4.78 is 0. The van der Waals surface area contributed by atoms with Crippen LogP contribution < -0.4 is 0 Å². The van der Waals surface area contributed by atoms with Crippen LogP contribution in [-0.2, 0) is 4.79 Å². The van der Waals surface area contributed by atoms with E-state index < -0.39 is 0 Å². The molecule has 0 rings (SSSR count). The Labute approximate surface area is 168 Å². The predicted octanol–water partition coefficient (Wildman–Crippen LogP) is 4.88. The highest BCUT2D eigenvalue weighted by atomic mass is 16.3. The summed E-state index contributed by atoms with van der Waals surface area (Å²) in [6, 6.07) is 0. The highest BCUT2D eigenvalue weighted by molar-refractivity contribution is 5.80. The summed E-state index contributed by atoms with van der Waals surface area (Å²) in [4.78, 5) is 13.7. The maximum atomic E-state index is 11.9. The standard InChI is InChI=1S/C23H45NO3/c1-2-3-4-5-6-7-8-9-10-11-12-13-14-15-16-17-23(27)22-24(18-20-25)19-21-26/h9-10,25-26H,2-8,11-22H2,1H3/b10-9-. The molecule has 0 aromatic rings. The lowest BCUT2D eigenvalue weighted by molar-refractivity contribution is -0.120. The van der Waals surface area contributed by atoms with Crippen molar-refractivity contribution in [3.63, 3.8) is 0 Å². The molecule has 0 saturated carbocycles. The van der Waals surface area contributed by atoms with Crippen LogP contribution in [0.1, 0.15) is 96.8 Å². The third-order valence-electron chi connectivity index (χ3n) is 4.95. The largest absolute Gasteiger partial charge is 0.395 e. The third kappa shape index (κ3) is 19.8. The van der Waals surface area contributed by atoms with E-state index in [4.69, 9.17) is 10.2 Å². The molecule has 0 fully saturated rings. The molecule has 0 heterocycles. The predicted molar refractivity (Wildman–Crippen MR) is 115 cm³/mol. The fourth-order valence-electron chi connectivity index (χ4n) is 3.27. The summed E-state index contributed by atoms with van der Waals surface area (Å²) in [6.45, 7) is 3.58. The molecule has 0 bridgehead atoms. The van der Waals surface area contributed by atoms with Crippen LogP contribution in [0.3, 0.4) is 0 Å². The second kappa shape index (κ2) is 21.6. The molecule has 0 aromatic carbocycles. The van der Waals surface area contributed by atoms with Crippen molar-refractivity contribution in [3.05, 3.63) is 12.2 Å². The van der Waals surface area contributed by atoms with E-state index in [1.54, 1.807) is 0 Å². The van der Waals surface area contributed by atoms with Gasteiger partial charge in [-0.1, -0.05) is 70.4 Å². The number of carbonyl (C=O) groups is 1. The molecule has 0 saturated heterocycles. The van der Waals surface area contributed by atoms with E-state index in [1.807, 2.05) is 4.90 Å². The van der Waals surface area contributed by atoms with Crippen LogP contribution in [0.5, 0.6) is 0 Å². The Kier molecular flexibility index (Phi) is 21.0. The average Bonchev–Trinajstić information content (AvgIpc) is 2.65. The van der Waals surface area contributed by atoms with Crippen LogP contribution in [-0.4, -0.2) is 53.7 Å². The van der Waals surface area contributed by atoms with Crippen molar-refractivity contribution in [2.75, 3.05) is 32.8 Å². The van der Waals surface area contributed by atoms with Crippen molar-refractivity contribution < 1.29 is 15.0 Å². The minimum Gasteiger partial charge on any atom is -0.395 e. The second-order valence-electron chi connectivity index (χ2n) is 7.60. The van der Waals surface area contributed by atoms with Crippen molar-refractivity contribution >= 4 is 5.78 Å². The molecule has 160 valence electrons. The molecule has 0 atom stereocenters. The maximum Gasteiger partial charge on any atom is 0.146 e. The Morgan fingerprint density at radius 3 is 1.74 bits per heavy atom. The summed E-state index contributed by atoms with van der Waals surface area (Å²) in [5.41, 5.74) is 0. The van der Waals surface area contributed by atoms with Gasteiger partial charge in [-0.2, -0.15) is 0 Å². The van der Waals surface area contributed by atoms with Crippen LogP contribution in [0.2, 0.25) is 0 Å². The Balaban J connectivity index is 3.38. The van der Waals surface area contributed by atoms with Crippen LogP contribution in [0, 0.1) is 0 Å². The first-order chi connectivity index (χ1) is 13.2. The fourth-order valence-corrected chi connectivity index (χ4v) is 3.27. The molecular weight excluding hydrogens is 338 g/mol. The normalized spacial score (nSPS) is 11.7. The average molecular weight is 384 g/mol. The quantitative estimate of drug-likeness (QED) is 0.219. The molecule has 0 aliphatic heterocycles. The van der Waals surface area contributed by atoms with Gasteiger partial charge in [-0.25, -0.2) is 0 Å². The zero-order valence-electron chi connectivity index (χ0n) is 17.8. The molecule has 4 nitrogen and oxygen atoms in total. The number of hydrogen-bond acceptors (Lipinski definition) is 4. The lowest BCUT2D eigenvalue weighted by atomic mass is 10.1. The monoisotopic (exact) mass is 383 g/mol. The SMILES string of the molecule is CCCCCCCC/C=C\CCCCCCCC(=O)CN(CCO)CCO. The van der Waals surface area contributed by atoms with Crippen molar-refractivity contribution in [1.29, 1.82) is 0 Å². The molecule has 0 radical (unpaired) electrons. The molecule has 27 heavy (non-hydrogen) atoms. The molecule has 0 unspecified atom stereocenters. The Hall–Kier alpha value is -0.710. The number of allylic oxidation sites excluding steroid dienone is 2. The number of carbonyl (C=O) groups excluding carboxylic acids is 1. The molecule has 4 heteroatoms. The van der Waals surface area contributed by atoms with Gasteiger partial charge in [0.15, 0.2) is 0 Å². The smallest absolute Gasteiger partial charge is 0.146 e. The number of Topliss-reactive ketones (excluding diaryl/α,β-unsaturated/α-hetero) is 1. The lowest BCUT2D eigenvalue weighted by Crippen LogP contribution is -2.34. The van der Waals surface area contributed by atoms with Gasteiger partial charge in [0.05, 0.1) is 19.8 Å². The summed E-state index contributed by atoms with van der Waals surface area (Å²) in [6.07, 6.45) is 21.7. The zero-order chi connectivity index (χ0) is 20.0. The Morgan fingerprint density at radius 1 is 0.741 bits per heavy atom. The number of nitrogens with zero attached hydrogens (tertiary/aromatic N) is 1. The minimum absolute atomic E-state index is 0.0285. The molecule has 2 N–H and O–H groups in total. The summed E-state index contributed by atoms with van der Waals surface area (Å²) in [7, 11) is 0. The Bertz CT molecular complexity index is 339. The van der Waals surface area contributed by atoms with E-state index in [1.165, 1.54) is 70.6 Å². The summed E-state index contributed by atoms with van der Waals surface area (Å²) >= 11 is 0. The summed E-state index contributed by atoms with van der Waals surface area (Å²) in [5.74, 6) is 0.217. The van der Waals surface area contributed by atoms with Crippen molar-refractivity contribution in [1.82, 2.24) is 4.90 Å². The van der Waals surface area contributed by atoms with Gasteiger partial charge >= 0.3 is 0 Å². The first kappa shape index (κ1) is 26.3. The molecule has 0 spiro atoms. The van der Waals surface area contributed by atoms with Crippen molar-refractivity contribution in [3.8, 4) is 0 Å². The number of rotatable bonds is 21. The summed E-state index contributed by atoms with van der Waals surface area (Å²) in [5, 5.41) is 17.9. The molecule has 0 aromatic heterocycles. The van der Waals surface area contributed by atoms with Crippen molar-refractivity contribution in [2.45, 2.75) is 96.8 Å². The first-order valence-electron chi connectivity index (χ1n) is 11.3. The van der Waals surface area contributed by atoms with Crippen LogP contribution in [0.15, 0.2) is 12.2 Å². The lowest BCUT2D eigenvalue weighted by Gasteiger charge is -2.18. The van der Waals surface area contributed by atoms with E-state index in [-0.39, 0.29) is 19.0 Å². The third-order valence-corrected chi connectivity index (χ3v) is 4.95. The van der Waals surface area contributed by atoms with Crippen LogP contribution >= 0.6 is 0 Å². The van der Waals surface area contributed by atoms with Crippen LogP contribution in [0.4, 0.5) is 0 Å². The highest BCUT2D eigenvalue weighted by Crippen LogP contribution is 2.10. The van der Waals surface area contributed by atoms with Gasteiger partial charge in [-0.15, -0.1) is 0 Å². The van der Waals surface area contributed by atoms with Gasteiger partial charge in [-0.3, -0.25) is 9.69 Å². The van der Waals surface area contributed by atoms with Crippen LogP contribution in [0.25, 0.3) is 0 Å². The van der Waals surface area contributed by atoms with E-state index >= 15 is 0 Å². The van der Waals surface area contributed by atoms with Gasteiger partial charge in [0, 0.05) is 19.5 Å². The number of aliphatic hydroxyl groups excluding tert-OH is 2. The molecule has 0 amide bonds. The number of unbranched alkanes of at least 4 members (excludes halogenated alkanes) is 11. The van der Waals surface area contributed by atoms with E-state index in [9.17, 15) is 4.79 Å². The van der Waals surface area contributed by atoms with Gasteiger partial charge < -0.3 is 10.2 Å². The maximum absolute atomic E-state index is 11.9. The Morgan fingerprint density at radius 2 is 1.22 bits per heavy atom. The van der Waals surface area contributed by atoms with E-state index in [0.29, 0.717) is 26.1 Å². The van der Waals surface area contributed by atoms with Crippen molar-refractivity contribution in [2.24, 2.45) is 0 Å². The van der Waals surface area contributed by atoms with Gasteiger partial charge in [0.2, 0.25) is 0 Å². The molecule has 0 aliphatic rings. The molecule has 0 aliphatic carbocycles. The number of aliphatic hydroxyl groups is 2. The van der Waals surface area contributed by atoms with E-state index in [2.05, 4.69) is 19.1 Å². The van der Waals surface area contributed by atoms with E-state index in [0.717, 1.165) is 12.8 Å². The first-order valence-corrected chi connectivity index (χ1v) is 11.3. The van der Waals surface area contributed by atoms with Gasteiger partial charge in [0.25, 0.3) is 0 Å². The number of ketones is 1.